The zero-order valence-electron chi connectivity index (χ0n) is 15.6. The Kier molecular flexibility index (Phi) is 6.24. The summed E-state index contributed by atoms with van der Waals surface area (Å²) in [4.78, 5) is 25.1. The van der Waals surface area contributed by atoms with Crippen molar-refractivity contribution in [2.45, 2.75) is 38.0 Å². The Morgan fingerprint density at radius 1 is 1.41 bits per heavy atom. The second-order valence-electron chi connectivity index (χ2n) is 6.48. The van der Waals surface area contributed by atoms with Gasteiger partial charge in [-0.1, -0.05) is 11.3 Å². The van der Waals surface area contributed by atoms with E-state index in [1.807, 2.05) is 17.1 Å². The fourth-order valence-electron chi connectivity index (χ4n) is 2.87. The summed E-state index contributed by atoms with van der Waals surface area (Å²) in [6, 6.07) is 1.66. The number of halogens is 1. The number of hydrogen-bond acceptors (Lipinski definition) is 11. The molecule has 1 aliphatic rings. The van der Waals surface area contributed by atoms with Crippen LogP contribution >= 0.6 is 11.3 Å². The number of likely N-dealkylation sites (tertiary alicyclic amines) is 1. The molecule has 0 saturated carbocycles. The lowest BCUT2D eigenvalue weighted by Crippen LogP contribution is -2.42. The second-order valence-corrected chi connectivity index (χ2v) is 7.56. The first-order valence-electron chi connectivity index (χ1n) is 8.56. The van der Waals surface area contributed by atoms with Gasteiger partial charge in [0.15, 0.2) is 5.13 Å². The van der Waals surface area contributed by atoms with Crippen LogP contribution in [-0.2, 0) is 11.3 Å². The molecule has 2 unspecified atom stereocenters. The highest BCUT2D eigenvalue weighted by atomic mass is 32.1. The van der Waals surface area contributed by atoms with Crippen LogP contribution in [0.3, 0.4) is 0 Å². The molecule has 1 aliphatic heterocycles. The average Bonchev–Trinajstić information content (AvgIpc) is 3.16. The minimum absolute atomic E-state index is 0.0863. The average molecular weight is 429 g/mol. The van der Waals surface area contributed by atoms with Gasteiger partial charge in [0.1, 0.15) is 12.4 Å². The molecule has 4 N–H and O–H groups in total. The van der Waals surface area contributed by atoms with Crippen molar-refractivity contribution >= 4 is 22.4 Å². The molecule has 2 atom stereocenters. The van der Waals surface area contributed by atoms with Gasteiger partial charge < -0.3 is 24.8 Å². The molecule has 0 spiro atoms. The third-order valence-electron chi connectivity index (χ3n) is 4.30. The zero-order chi connectivity index (χ0) is 21.2. The monoisotopic (exact) mass is 429 g/mol. The number of carbonyl (C=O) groups excluding carboxylic acids is 1. The van der Waals surface area contributed by atoms with E-state index >= 15 is 0 Å². The minimum atomic E-state index is -3.57. The number of nitrogens with one attached hydrogen (secondary N) is 1. The smallest absolute Gasteiger partial charge is 0.360 e. The number of carbonyl (C=O) groups is 1. The summed E-state index contributed by atoms with van der Waals surface area (Å²) in [6.07, 6.45) is 1.86. The van der Waals surface area contributed by atoms with E-state index in [0.717, 1.165) is 11.3 Å². The highest BCUT2D eigenvalue weighted by Crippen LogP contribution is 2.29. The van der Waals surface area contributed by atoms with Gasteiger partial charge in [0.05, 0.1) is 18.1 Å². The quantitative estimate of drug-likeness (QED) is 0.432. The second kappa shape index (κ2) is 8.51. The fraction of sp³-hybridized carbons (Fsp3) is 0.500. The Morgan fingerprint density at radius 2 is 2.14 bits per heavy atom. The van der Waals surface area contributed by atoms with E-state index in [0.29, 0.717) is 24.7 Å². The van der Waals surface area contributed by atoms with Crippen molar-refractivity contribution in [3.05, 3.63) is 23.2 Å². The van der Waals surface area contributed by atoms with Crippen molar-refractivity contribution in [3.8, 4) is 11.8 Å². The molecule has 29 heavy (non-hydrogen) atoms. The van der Waals surface area contributed by atoms with Crippen molar-refractivity contribution in [3.63, 3.8) is 0 Å². The SMILES string of the molecule is COc1cc(OC2CC(C)N(Cc3sc(NC(=O)C(O)(O)O)nc3F)C2)ncn1. The summed E-state index contributed by atoms with van der Waals surface area (Å²) in [5, 5.41) is 28.2. The lowest BCUT2D eigenvalue weighted by Gasteiger charge is -2.19. The van der Waals surface area contributed by atoms with Crippen molar-refractivity contribution in [2.24, 2.45) is 0 Å². The number of amides is 1. The predicted octanol–water partition coefficient (Wildman–Crippen LogP) is -0.308. The Morgan fingerprint density at radius 3 is 2.83 bits per heavy atom. The molecule has 13 heteroatoms. The predicted molar refractivity (Wildman–Crippen MR) is 97.6 cm³/mol. The first kappa shape index (κ1) is 21.3. The lowest BCUT2D eigenvalue weighted by molar-refractivity contribution is -0.284. The van der Waals surface area contributed by atoms with Crippen LogP contribution in [-0.4, -0.2) is 72.9 Å². The van der Waals surface area contributed by atoms with Crippen LogP contribution in [0, 0.1) is 5.95 Å². The third kappa shape index (κ3) is 5.33. The molecule has 0 bridgehead atoms. The Balaban J connectivity index is 1.61. The molecule has 1 amide bonds. The van der Waals surface area contributed by atoms with Crippen LogP contribution in [0.15, 0.2) is 12.4 Å². The van der Waals surface area contributed by atoms with E-state index in [1.54, 1.807) is 6.07 Å². The van der Waals surface area contributed by atoms with Crippen molar-refractivity contribution < 1.29 is 34.0 Å². The van der Waals surface area contributed by atoms with Gasteiger partial charge >= 0.3 is 11.9 Å². The summed E-state index contributed by atoms with van der Waals surface area (Å²) in [5.74, 6) is -5.12. The molecular weight excluding hydrogens is 409 g/mol. The van der Waals surface area contributed by atoms with E-state index in [4.69, 9.17) is 24.8 Å². The number of aliphatic hydroxyl groups is 3. The van der Waals surface area contributed by atoms with Crippen LogP contribution < -0.4 is 14.8 Å². The van der Waals surface area contributed by atoms with Crippen molar-refractivity contribution in [2.75, 3.05) is 19.0 Å². The minimum Gasteiger partial charge on any atom is -0.481 e. The summed E-state index contributed by atoms with van der Waals surface area (Å²) < 4.78 is 25.0. The van der Waals surface area contributed by atoms with E-state index < -0.39 is 17.8 Å². The molecule has 2 aromatic rings. The van der Waals surface area contributed by atoms with Gasteiger partial charge in [-0.05, 0) is 6.92 Å². The van der Waals surface area contributed by atoms with Crippen LogP contribution in [0.1, 0.15) is 18.2 Å². The van der Waals surface area contributed by atoms with Gasteiger partial charge in [-0.2, -0.15) is 9.37 Å². The molecule has 2 aromatic heterocycles. The van der Waals surface area contributed by atoms with Gasteiger partial charge in [0, 0.05) is 25.6 Å². The number of anilines is 1. The molecule has 158 valence electrons. The first-order chi connectivity index (χ1) is 13.7. The number of ether oxygens (including phenoxy) is 2. The van der Waals surface area contributed by atoms with Gasteiger partial charge in [0.2, 0.25) is 17.7 Å². The number of nitrogens with zero attached hydrogens (tertiary/aromatic N) is 4. The van der Waals surface area contributed by atoms with Crippen molar-refractivity contribution in [1.29, 1.82) is 0 Å². The normalized spacial score (nSPS) is 19.9. The molecule has 1 saturated heterocycles. The van der Waals surface area contributed by atoms with Gasteiger partial charge in [0.25, 0.3) is 0 Å². The van der Waals surface area contributed by atoms with Gasteiger partial charge in [-0.25, -0.2) is 9.97 Å². The molecule has 3 rings (SSSR count). The topological polar surface area (TPSA) is 150 Å². The Bertz CT molecular complexity index is 876. The first-order valence-corrected chi connectivity index (χ1v) is 9.38. The maximum absolute atomic E-state index is 14.1. The Hall–Kier alpha value is -2.45. The summed E-state index contributed by atoms with van der Waals surface area (Å²) in [5.41, 5.74) is 0. The Labute approximate surface area is 168 Å². The maximum Gasteiger partial charge on any atom is 0.360 e. The largest absolute Gasteiger partial charge is 0.481 e. The number of rotatable bonds is 7. The van der Waals surface area contributed by atoms with Crippen LogP contribution in [0.25, 0.3) is 0 Å². The van der Waals surface area contributed by atoms with Gasteiger partial charge in [-0.3, -0.25) is 15.0 Å². The highest BCUT2D eigenvalue weighted by Gasteiger charge is 2.33. The molecule has 3 heterocycles. The standard InChI is InChI=1S/C16H20FN5O6S/c1-8-3-9(28-12-4-11(27-2)18-7-19-12)5-22(8)6-10-13(17)20-15(29-10)21-14(23)16(24,25)26/h4,7-9,24-26H,3,5-6H2,1-2H3,(H,20,21,23). The van der Waals surface area contributed by atoms with Crippen LogP contribution in [0.5, 0.6) is 11.8 Å². The van der Waals surface area contributed by atoms with E-state index in [1.165, 1.54) is 13.4 Å². The molecular formula is C16H20FN5O6S. The van der Waals surface area contributed by atoms with Crippen molar-refractivity contribution in [1.82, 2.24) is 19.9 Å². The summed E-state index contributed by atoms with van der Waals surface area (Å²) in [7, 11) is 1.49. The summed E-state index contributed by atoms with van der Waals surface area (Å²) in [6.45, 7) is 2.71. The third-order valence-corrected chi connectivity index (χ3v) is 5.23. The van der Waals surface area contributed by atoms with Gasteiger partial charge in [-0.15, -0.1) is 0 Å². The molecule has 1 fully saturated rings. The van der Waals surface area contributed by atoms with Crippen LogP contribution in [0.2, 0.25) is 0 Å². The van der Waals surface area contributed by atoms with Crippen LogP contribution in [0.4, 0.5) is 9.52 Å². The lowest BCUT2D eigenvalue weighted by atomic mass is 10.2. The summed E-state index contributed by atoms with van der Waals surface area (Å²) >= 11 is 0.832. The zero-order valence-corrected chi connectivity index (χ0v) is 16.4. The molecule has 11 nitrogen and oxygen atoms in total. The number of aromatic nitrogens is 3. The molecule has 0 aromatic carbocycles. The number of methoxy groups -OCH3 is 1. The number of hydrogen-bond donors (Lipinski definition) is 4. The number of thiazole rings is 1. The molecule has 0 radical (unpaired) electrons. The maximum atomic E-state index is 14.1. The fourth-order valence-corrected chi connectivity index (χ4v) is 3.73. The van der Waals surface area contributed by atoms with E-state index in [2.05, 4.69) is 15.0 Å². The van der Waals surface area contributed by atoms with E-state index in [-0.39, 0.29) is 28.7 Å². The van der Waals surface area contributed by atoms with E-state index in [9.17, 15) is 9.18 Å². The highest BCUT2D eigenvalue weighted by molar-refractivity contribution is 7.15. The molecule has 0 aliphatic carbocycles.